The first-order valence-corrected chi connectivity index (χ1v) is 14.0. The highest BCUT2D eigenvalue weighted by Crippen LogP contribution is 2.37. The van der Waals surface area contributed by atoms with Crippen LogP contribution in [-0.2, 0) is 19.7 Å². The first-order valence-electron chi connectivity index (χ1n) is 12.6. The van der Waals surface area contributed by atoms with Gasteiger partial charge in [-0.15, -0.1) is 0 Å². The van der Waals surface area contributed by atoms with Crippen molar-refractivity contribution in [1.82, 2.24) is 18.5 Å². The Bertz CT molecular complexity index is 1230. The van der Waals surface area contributed by atoms with Gasteiger partial charge in [0, 0.05) is 62.1 Å². The van der Waals surface area contributed by atoms with E-state index in [0.29, 0.717) is 58.2 Å². The third-order valence-electron chi connectivity index (χ3n) is 8.07. The highest BCUT2D eigenvalue weighted by molar-refractivity contribution is 7.86. The Morgan fingerprint density at radius 2 is 1.83 bits per heavy atom. The van der Waals surface area contributed by atoms with Gasteiger partial charge in [-0.25, -0.2) is 0 Å². The van der Waals surface area contributed by atoms with E-state index in [0.717, 1.165) is 29.4 Å². The molecule has 2 aromatic rings. The average molecular weight is 500 g/mol. The molecule has 0 radical (unpaired) electrons. The number of aromatic nitrogens is 1. The molecule has 1 atom stereocenters. The Morgan fingerprint density at radius 1 is 1.03 bits per heavy atom. The SMILES string of the molecule is CC1CN(S(=O)(=O)N2CCC3(CC2)CN(C2CC2)C(=O)CO3)CCN1c1ccc2cccnc2c1. The molecule has 0 bridgehead atoms. The quantitative estimate of drug-likeness (QED) is 0.638. The van der Waals surface area contributed by atoms with Crippen LogP contribution in [0.5, 0.6) is 0 Å². The average Bonchev–Trinajstić information content (AvgIpc) is 3.71. The number of benzene rings is 1. The molecule has 9 nitrogen and oxygen atoms in total. The van der Waals surface area contributed by atoms with E-state index in [4.69, 9.17) is 4.74 Å². The highest BCUT2D eigenvalue weighted by atomic mass is 32.2. The standard InChI is InChI=1S/C25H33N5O4S/c1-19-16-28(13-14-29(19)22-5-4-20-3-2-10-26-23(20)15-22)35(32,33)27-11-8-25(9-12-27)18-30(21-6-7-21)24(31)17-34-25/h2-5,10,15,19,21H,6-9,11-14,16-18H2,1H3. The molecule has 188 valence electrons. The van der Waals surface area contributed by atoms with Gasteiger partial charge in [-0.2, -0.15) is 17.0 Å². The molecular weight excluding hydrogens is 466 g/mol. The highest BCUT2D eigenvalue weighted by Gasteiger charge is 2.48. The zero-order chi connectivity index (χ0) is 24.2. The summed E-state index contributed by atoms with van der Waals surface area (Å²) in [6.07, 6.45) is 5.19. The van der Waals surface area contributed by atoms with Crippen molar-refractivity contribution in [3.8, 4) is 0 Å². The Balaban J connectivity index is 1.10. The van der Waals surface area contributed by atoms with Crippen molar-refractivity contribution in [2.75, 3.05) is 50.8 Å². The fourth-order valence-electron chi connectivity index (χ4n) is 5.80. The molecular formula is C25H33N5O4S. The van der Waals surface area contributed by atoms with Crippen molar-refractivity contribution < 1.29 is 17.9 Å². The first-order chi connectivity index (χ1) is 16.8. The number of piperazine rings is 1. The zero-order valence-corrected chi connectivity index (χ0v) is 21.0. The third-order valence-corrected chi connectivity index (χ3v) is 10.1. The normalized spacial score (nSPS) is 26.5. The smallest absolute Gasteiger partial charge is 0.282 e. The van der Waals surface area contributed by atoms with Gasteiger partial charge >= 0.3 is 0 Å². The molecule has 1 aromatic heterocycles. The van der Waals surface area contributed by atoms with E-state index in [1.807, 2.05) is 17.0 Å². The van der Waals surface area contributed by atoms with Crippen LogP contribution in [0.3, 0.4) is 0 Å². The zero-order valence-electron chi connectivity index (χ0n) is 20.2. The number of carbonyl (C=O) groups is 1. The van der Waals surface area contributed by atoms with Crippen LogP contribution in [0, 0.1) is 0 Å². The van der Waals surface area contributed by atoms with Crippen molar-refractivity contribution in [1.29, 1.82) is 0 Å². The van der Waals surface area contributed by atoms with E-state index < -0.39 is 15.8 Å². The van der Waals surface area contributed by atoms with Crippen LogP contribution in [0.15, 0.2) is 36.5 Å². The van der Waals surface area contributed by atoms with E-state index >= 15 is 0 Å². The maximum atomic E-state index is 13.5. The third kappa shape index (κ3) is 4.30. The van der Waals surface area contributed by atoms with E-state index in [-0.39, 0.29) is 18.6 Å². The van der Waals surface area contributed by atoms with Gasteiger partial charge in [0.2, 0.25) is 5.91 Å². The van der Waals surface area contributed by atoms with Crippen molar-refractivity contribution in [3.63, 3.8) is 0 Å². The molecule has 1 spiro atoms. The molecule has 35 heavy (non-hydrogen) atoms. The molecule has 4 aliphatic rings. The number of amides is 1. The van der Waals surface area contributed by atoms with Crippen LogP contribution in [-0.4, -0.2) is 96.4 Å². The van der Waals surface area contributed by atoms with Gasteiger partial charge in [0.15, 0.2) is 0 Å². The molecule has 4 fully saturated rings. The van der Waals surface area contributed by atoms with E-state index in [2.05, 4.69) is 35.0 Å². The van der Waals surface area contributed by atoms with Crippen LogP contribution in [0.1, 0.15) is 32.6 Å². The second-order valence-corrected chi connectivity index (χ2v) is 12.3. The van der Waals surface area contributed by atoms with Crippen LogP contribution in [0.4, 0.5) is 5.69 Å². The van der Waals surface area contributed by atoms with Gasteiger partial charge in [0.25, 0.3) is 10.2 Å². The number of rotatable bonds is 4. The van der Waals surface area contributed by atoms with Gasteiger partial charge in [-0.3, -0.25) is 9.78 Å². The van der Waals surface area contributed by atoms with Crippen LogP contribution < -0.4 is 4.90 Å². The molecule has 3 saturated heterocycles. The van der Waals surface area contributed by atoms with Gasteiger partial charge in [0.05, 0.1) is 17.7 Å². The Hall–Kier alpha value is -2.27. The summed E-state index contributed by atoms with van der Waals surface area (Å²) in [5, 5.41) is 1.10. The van der Waals surface area contributed by atoms with Crippen molar-refractivity contribution in [3.05, 3.63) is 36.5 Å². The molecule has 6 rings (SSSR count). The molecule has 10 heteroatoms. The summed E-state index contributed by atoms with van der Waals surface area (Å²) < 4.78 is 36.3. The van der Waals surface area contributed by atoms with Crippen LogP contribution in [0.2, 0.25) is 0 Å². The summed E-state index contributed by atoms with van der Waals surface area (Å²) in [4.78, 5) is 20.9. The number of carbonyl (C=O) groups excluding carboxylic acids is 1. The summed E-state index contributed by atoms with van der Waals surface area (Å²) in [6.45, 7) is 5.19. The van der Waals surface area contributed by atoms with E-state index in [1.165, 1.54) is 0 Å². The summed E-state index contributed by atoms with van der Waals surface area (Å²) >= 11 is 0. The lowest BCUT2D eigenvalue weighted by atomic mass is 9.90. The largest absolute Gasteiger partial charge is 0.366 e. The molecule has 1 unspecified atom stereocenters. The molecule has 1 amide bonds. The number of pyridine rings is 1. The topological polar surface area (TPSA) is 86.3 Å². The monoisotopic (exact) mass is 499 g/mol. The van der Waals surface area contributed by atoms with Gasteiger partial charge in [-0.1, -0.05) is 12.1 Å². The molecule has 0 N–H and O–H groups in total. The number of piperidine rings is 1. The first kappa shape index (κ1) is 23.1. The number of nitrogens with zero attached hydrogens (tertiary/aromatic N) is 5. The lowest BCUT2D eigenvalue weighted by molar-refractivity contribution is -0.170. The number of fused-ring (bicyclic) bond motifs is 1. The predicted octanol–water partition coefficient (Wildman–Crippen LogP) is 1.85. The Kier molecular flexibility index (Phi) is 5.75. The predicted molar refractivity (Wildman–Crippen MR) is 133 cm³/mol. The second kappa shape index (κ2) is 8.69. The maximum Gasteiger partial charge on any atom is 0.282 e. The fraction of sp³-hybridized carbons (Fsp3) is 0.600. The Labute approximate surface area is 206 Å². The minimum Gasteiger partial charge on any atom is -0.366 e. The minimum atomic E-state index is -3.55. The lowest BCUT2D eigenvalue weighted by Crippen LogP contribution is -2.62. The summed E-state index contributed by atoms with van der Waals surface area (Å²) in [5.41, 5.74) is 1.62. The van der Waals surface area contributed by atoms with Crippen molar-refractivity contribution >= 4 is 32.7 Å². The number of morpholine rings is 1. The van der Waals surface area contributed by atoms with E-state index in [9.17, 15) is 13.2 Å². The molecule has 1 saturated carbocycles. The Morgan fingerprint density at radius 3 is 2.57 bits per heavy atom. The lowest BCUT2D eigenvalue weighted by Gasteiger charge is -2.48. The molecule has 1 aromatic carbocycles. The number of hydrogen-bond donors (Lipinski definition) is 0. The molecule has 3 aliphatic heterocycles. The van der Waals surface area contributed by atoms with E-state index in [1.54, 1.807) is 14.8 Å². The molecule has 1 aliphatic carbocycles. The summed E-state index contributed by atoms with van der Waals surface area (Å²) in [5.74, 6) is 0.0715. The summed E-state index contributed by atoms with van der Waals surface area (Å²) in [7, 11) is -3.55. The molecule has 4 heterocycles. The fourth-order valence-corrected chi connectivity index (χ4v) is 7.49. The number of anilines is 1. The van der Waals surface area contributed by atoms with Crippen molar-refractivity contribution in [2.45, 2.75) is 50.3 Å². The van der Waals surface area contributed by atoms with Gasteiger partial charge in [-0.05, 0) is 50.8 Å². The van der Waals surface area contributed by atoms with Gasteiger partial charge in [0.1, 0.15) is 6.61 Å². The summed E-state index contributed by atoms with van der Waals surface area (Å²) in [6, 6.07) is 10.6. The second-order valence-electron chi connectivity index (χ2n) is 10.4. The number of hydrogen-bond acceptors (Lipinski definition) is 6. The van der Waals surface area contributed by atoms with Gasteiger partial charge < -0.3 is 14.5 Å². The van der Waals surface area contributed by atoms with Crippen molar-refractivity contribution in [2.24, 2.45) is 0 Å². The van der Waals surface area contributed by atoms with Crippen LogP contribution in [0.25, 0.3) is 10.9 Å². The maximum absolute atomic E-state index is 13.5. The van der Waals surface area contributed by atoms with Crippen LogP contribution >= 0.6 is 0 Å². The number of ether oxygens (including phenoxy) is 1. The minimum absolute atomic E-state index is 0.0515.